The SMILES string of the molecule is CC[C@@H](O)CCNC(=O)NCc1cccc(C#N)c1. The average Bonchev–Trinajstić information content (AvgIpc) is 2.45. The zero-order valence-corrected chi connectivity index (χ0v) is 11.0. The number of rotatable bonds is 6. The molecule has 5 nitrogen and oxygen atoms in total. The molecule has 0 bridgehead atoms. The molecule has 1 atom stereocenters. The summed E-state index contributed by atoms with van der Waals surface area (Å²) >= 11 is 0. The molecule has 0 saturated carbocycles. The third-order valence-corrected chi connectivity index (χ3v) is 2.74. The molecule has 0 aromatic heterocycles. The van der Waals surface area contributed by atoms with Gasteiger partial charge in [-0.15, -0.1) is 0 Å². The number of aliphatic hydroxyl groups is 1. The normalized spacial score (nSPS) is 11.4. The first-order valence-corrected chi connectivity index (χ1v) is 6.34. The van der Waals surface area contributed by atoms with Crippen LogP contribution in [0.4, 0.5) is 4.79 Å². The number of amides is 2. The number of aliphatic hydroxyl groups excluding tert-OH is 1. The summed E-state index contributed by atoms with van der Waals surface area (Å²) in [4.78, 5) is 11.5. The number of carbonyl (C=O) groups is 1. The molecule has 0 aliphatic carbocycles. The van der Waals surface area contributed by atoms with Crippen LogP contribution in [0.15, 0.2) is 24.3 Å². The first kappa shape index (κ1) is 15.0. The number of hydrogen-bond donors (Lipinski definition) is 3. The van der Waals surface area contributed by atoms with Crippen molar-refractivity contribution >= 4 is 6.03 Å². The Morgan fingerprint density at radius 2 is 2.26 bits per heavy atom. The van der Waals surface area contributed by atoms with E-state index in [0.717, 1.165) is 5.56 Å². The lowest BCUT2D eigenvalue weighted by Gasteiger charge is -2.10. The van der Waals surface area contributed by atoms with Gasteiger partial charge < -0.3 is 15.7 Å². The largest absolute Gasteiger partial charge is 0.393 e. The third-order valence-electron chi connectivity index (χ3n) is 2.74. The van der Waals surface area contributed by atoms with Gasteiger partial charge in [-0.1, -0.05) is 19.1 Å². The van der Waals surface area contributed by atoms with Gasteiger partial charge in [0.2, 0.25) is 0 Å². The minimum atomic E-state index is -0.368. The Labute approximate surface area is 113 Å². The van der Waals surface area contributed by atoms with Crippen LogP contribution in [0.5, 0.6) is 0 Å². The van der Waals surface area contributed by atoms with Crippen molar-refractivity contribution in [1.82, 2.24) is 10.6 Å². The topological polar surface area (TPSA) is 85.2 Å². The maximum absolute atomic E-state index is 11.5. The van der Waals surface area contributed by atoms with Gasteiger partial charge >= 0.3 is 6.03 Å². The summed E-state index contributed by atoms with van der Waals surface area (Å²) in [6.45, 7) is 2.71. The fourth-order valence-electron chi connectivity index (χ4n) is 1.55. The van der Waals surface area contributed by atoms with E-state index in [-0.39, 0.29) is 12.1 Å². The summed E-state index contributed by atoms with van der Waals surface area (Å²) in [6.07, 6.45) is 0.866. The van der Waals surface area contributed by atoms with Gasteiger partial charge in [-0.3, -0.25) is 0 Å². The number of benzene rings is 1. The second-order valence-electron chi connectivity index (χ2n) is 4.27. The number of urea groups is 1. The highest BCUT2D eigenvalue weighted by Crippen LogP contribution is 2.03. The van der Waals surface area contributed by atoms with E-state index in [4.69, 9.17) is 5.26 Å². The van der Waals surface area contributed by atoms with Crippen molar-refractivity contribution in [3.63, 3.8) is 0 Å². The molecule has 0 aliphatic heterocycles. The summed E-state index contributed by atoms with van der Waals surface area (Å²) in [7, 11) is 0. The van der Waals surface area contributed by atoms with Crippen LogP contribution in [0, 0.1) is 11.3 Å². The lowest BCUT2D eigenvalue weighted by molar-refractivity contribution is 0.160. The molecule has 5 heteroatoms. The number of nitriles is 1. The summed E-state index contributed by atoms with van der Waals surface area (Å²) in [6, 6.07) is 8.87. The molecule has 19 heavy (non-hydrogen) atoms. The van der Waals surface area contributed by atoms with E-state index in [1.54, 1.807) is 18.2 Å². The third kappa shape index (κ3) is 5.89. The monoisotopic (exact) mass is 261 g/mol. The zero-order valence-electron chi connectivity index (χ0n) is 11.0. The Morgan fingerprint density at radius 3 is 2.95 bits per heavy atom. The van der Waals surface area contributed by atoms with Crippen molar-refractivity contribution in [2.75, 3.05) is 6.54 Å². The van der Waals surface area contributed by atoms with Crippen molar-refractivity contribution in [2.24, 2.45) is 0 Å². The Hall–Kier alpha value is -2.06. The summed E-state index contributed by atoms with van der Waals surface area (Å²) < 4.78 is 0. The van der Waals surface area contributed by atoms with Gasteiger partial charge in [0.1, 0.15) is 0 Å². The molecule has 0 aliphatic rings. The van der Waals surface area contributed by atoms with Crippen molar-refractivity contribution in [1.29, 1.82) is 5.26 Å². The fraction of sp³-hybridized carbons (Fsp3) is 0.429. The van der Waals surface area contributed by atoms with Gasteiger partial charge in [-0.25, -0.2) is 4.79 Å². The molecule has 1 aromatic rings. The lowest BCUT2D eigenvalue weighted by Crippen LogP contribution is -2.36. The molecule has 0 unspecified atom stereocenters. The van der Waals surface area contributed by atoms with Gasteiger partial charge in [0.15, 0.2) is 0 Å². The molecule has 0 spiro atoms. The van der Waals surface area contributed by atoms with Crippen LogP contribution in [0.3, 0.4) is 0 Å². The zero-order chi connectivity index (χ0) is 14.1. The fourth-order valence-corrected chi connectivity index (χ4v) is 1.55. The lowest BCUT2D eigenvalue weighted by atomic mass is 10.1. The predicted octanol–water partition coefficient (Wildman–Crippen LogP) is 1.52. The van der Waals surface area contributed by atoms with E-state index in [9.17, 15) is 9.90 Å². The highest BCUT2D eigenvalue weighted by atomic mass is 16.3. The van der Waals surface area contributed by atoms with E-state index in [1.807, 2.05) is 13.0 Å². The molecular weight excluding hydrogens is 242 g/mol. The van der Waals surface area contributed by atoms with Crippen molar-refractivity contribution in [3.05, 3.63) is 35.4 Å². The summed E-state index contributed by atoms with van der Waals surface area (Å²) in [5, 5.41) is 23.5. The van der Waals surface area contributed by atoms with Gasteiger partial charge in [-0.05, 0) is 30.5 Å². The second-order valence-corrected chi connectivity index (χ2v) is 4.27. The van der Waals surface area contributed by atoms with Gasteiger partial charge in [-0.2, -0.15) is 5.26 Å². The van der Waals surface area contributed by atoms with Crippen molar-refractivity contribution < 1.29 is 9.90 Å². The van der Waals surface area contributed by atoms with E-state index in [0.29, 0.717) is 31.5 Å². The summed E-state index contributed by atoms with van der Waals surface area (Å²) in [5.74, 6) is 0. The van der Waals surface area contributed by atoms with E-state index < -0.39 is 0 Å². The van der Waals surface area contributed by atoms with Crippen LogP contribution in [0.25, 0.3) is 0 Å². The molecule has 3 N–H and O–H groups in total. The molecule has 0 radical (unpaired) electrons. The standard InChI is InChI=1S/C14H19N3O2/c1-2-13(18)6-7-16-14(19)17-10-12-5-3-4-11(8-12)9-15/h3-5,8,13,18H,2,6-7,10H2,1H3,(H2,16,17,19)/t13-/m1/s1. The van der Waals surface area contributed by atoms with Crippen LogP contribution in [-0.2, 0) is 6.54 Å². The molecule has 102 valence electrons. The molecule has 1 rings (SSSR count). The van der Waals surface area contributed by atoms with Crippen molar-refractivity contribution in [3.8, 4) is 6.07 Å². The number of nitrogens with one attached hydrogen (secondary N) is 2. The number of nitrogens with zero attached hydrogens (tertiary/aromatic N) is 1. The van der Waals surface area contributed by atoms with E-state index in [2.05, 4.69) is 16.7 Å². The Morgan fingerprint density at radius 1 is 1.47 bits per heavy atom. The highest BCUT2D eigenvalue weighted by molar-refractivity contribution is 5.73. The van der Waals surface area contributed by atoms with Crippen LogP contribution in [0.2, 0.25) is 0 Å². The van der Waals surface area contributed by atoms with Gasteiger partial charge in [0, 0.05) is 13.1 Å². The average molecular weight is 261 g/mol. The van der Waals surface area contributed by atoms with Crippen molar-refractivity contribution in [2.45, 2.75) is 32.4 Å². The molecule has 0 fully saturated rings. The minimum Gasteiger partial charge on any atom is -0.393 e. The number of hydrogen-bond acceptors (Lipinski definition) is 3. The van der Waals surface area contributed by atoms with Crippen LogP contribution in [0.1, 0.15) is 30.9 Å². The highest BCUT2D eigenvalue weighted by Gasteiger charge is 2.03. The van der Waals surface area contributed by atoms with E-state index in [1.165, 1.54) is 0 Å². The Balaban J connectivity index is 2.28. The van der Waals surface area contributed by atoms with Crippen LogP contribution < -0.4 is 10.6 Å². The molecular formula is C14H19N3O2. The Bertz CT molecular complexity index is 454. The van der Waals surface area contributed by atoms with E-state index >= 15 is 0 Å². The van der Waals surface area contributed by atoms with Crippen LogP contribution in [-0.4, -0.2) is 23.8 Å². The smallest absolute Gasteiger partial charge is 0.315 e. The van der Waals surface area contributed by atoms with Gasteiger partial charge in [0.25, 0.3) is 0 Å². The van der Waals surface area contributed by atoms with Gasteiger partial charge in [0.05, 0.1) is 17.7 Å². The Kier molecular flexibility index (Phi) is 6.41. The minimum absolute atomic E-state index is 0.273. The molecule has 0 saturated heterocycles. The maximum Gasteiger partial charge on any atom is 0.315 e. The number of carbonyl (C=O) groups excluding carboxylic acids is 1. The summed E-state index contributed by atoms with van der Waals surface area (Å²) in [5.41, 5.74) is 1.45. The second kappa shape index (κ2) is 8.11. The predicted molar refractivity (Wildman–Crippen MR) is 72.3 cm³/mol. The maximum atomic E-state index is 11.5. The molecule has 1 aromatic carbocycles. The first-order chi connectivity index (χ1) is 9.15. The first-order valence-electron chi connectivity index (χ1n) is 6.34. The molecule has 0 heterocycles. The quantitative estimate of drug-likeness (QED) is 0.725. The molecule has 2 amide bonds. The van der Waals surface area contributed by atoms with Crippen LogP contribution >= 0.6 is 0 Å².